The van der Waals surface area contributed by atoms with E-state index in [0.717, 1.165) is 6.39 Å². The molecule has 0 bridgehead atoms. The lowest BCUT2D eigenvalue weighted by Gasteiger charge is -2.33. The van der Waals surface area contributed by atoms with Crippen molar-refractivity contribution in [2.45, 2.75) is 26.3 Å². The van der Waals surface area contributed by atoms with Crippen LogP contribution < -0.4 is 5.32 Å². The summed E-state index contributed by atoms with van der Waals surface area (Å²) in [6.45, 7) is 5.69. The maximum absolute atomic E-state index is 12.2. The smallest absolute Gasteiger partial charge is 0.407 e. The van der Waals surface area contributed by atoms with E-state index in [1.54, 1.807) is 32.9 Å². The summed E-state index contributed by atoms with van der Waals surface area (Å²) in [6.07, 6.45) is 1.59. The average molecular weight is 321 g/mol. The molecular weight excluding hydrogens is 302 g/mol. The van der Waals surface area contributed by atoms with E-state index in [4.69, 9.17) is 8.83 Å². The molecule has 0 aliphatic carbocycles. The normalized spacial score (nSPS) is 11.3. The standard InChI is InChI=1S/C15H19N3O5/c1-15(2,3)18(14(20)21)7-6-16-13(19)11-12(23-9-17-11)10-5-4-8-22-10/h4-5,8-9H,6-7H2,1-3H3,(H,16,19)(H,20,21). The summed E-state index contributed by atoms with van der Waals surface area (Å²) >= 11 is 0. The third-order valence-corrected chi connectivity index (χ3v) is 3.19. The summed E-state index contributed by atoms with van der Waals surface area (Å²) in [5, 5.41) is 11.8. The van der Waals surface area contributed by atoms with Crippen LogP contribution >= 0.6 is 0 Å². The van der Waals surface area contributed by atoms with E-state index in [-0.39, 0.29) is 24.5 Å². The number of carboxylic acid groups (broad SMARTS) is 1. The highest BCUT2D eigenvalue weighted by molar-refractivity contribution is 5.97. The van der Waals surface area contributed by atoms with E-state index < -0.39 is 17.5 Å². The number of furan rings is 1. The van der Waals surface area contributed by atoms with Crippen molar-refractivity contribution >= 4 is 12.0 Å². The summed E-state index contributed by atoms with van der Waals surface area (Å²) < 4.78 is 10.4. The largest absolute Gasteiger partial charge is 0.465 e. The summed E-state index contributed by atoms with van der Waals surface area (Å²) in [6, 6.07) is 3.33. The number of carbonyl (C=O) groups excluding carboxylic acids is 1. The Morgan fingerprint density at radius 3 is 2.65 bits per heavy atom. The molecule has 0 radical (unpaired) electrons. The summed E-state index contributed by atoms with van der Waals surface area (Å²) in [7, 11) is 0. The maximum Gasteiger partial charge on any atom is 0.407 e. The highest BCUT2D eigenvalue weighted by Crippen LogP contribution is 2.23. The van der Waals surface area contributed by atoms with Gasteiger partial charge in [-0.05, 0) is 32.9 Å². The van der Waals surface area contributed by atoms with Crippen molar-refractivity contribution in [1.82, 2.24) is 15.2 Å². The number of oxazole rings is 1. The number of amides is 2. The van der Waals surface area contributed by atoms with E-state index >= 15 is 0 Å². The molecule has 124 valence electrons. The van der Waals surface area contributed by atoms with E-state index in [9.17, 15) is 14.7 Å². The van der Waals surface area contributed by atoms with E-state index in [2.05, 4.69) is 10.3 Å². The molecule has 23 heavy (non-hydrogen) atoms. The highest BCUT2D eigenvalue weighted by Gasteiger charge is 2.26. The Morgan fingerprint density at radius 1 is 1.35 bits per heavy atom. The van der Waals surface area contributed by atoms with Gasteiger partial charge in [-0.2, -0.15) is 0 Å². The molecule has 2 heterocycles. The minimum atomic E-state index is -1.04. The average Bonchev–Trinajstić information content (AvgIpc) is 3.10. The zero-order valence-electron chi connectivity index (χ0n) is 13.2. The van der Waals surface area contributed by atoms with Crippen LogP contribution in [0.3, 0.4) is 0 Å². The molecule has 0 aromatic carbocycles. The van der Waals surface area contributed by atoms with Gasteiger partial charge in [0.1, 0.15) is 0 Å². The van der Waals surface area contributed by atoms with Crippen molar-refractivity contribution in [1.29, 1.82) is 0 Å². The molecule has 2 rings (SSSR count). The molecule has 0 aliphatic heterocycles. The van der Waals surface area contributed by atoms with Crippen molar-refractivity contribution in [2.24, 2.45) is 0 Å². The van der Waals surface area contributed by atoms with Crippen LogP contribution in [0.5, 0.6) is 0 Å². The predicted octanol–water partition coefficient (Wildman–Crippen LogP) is 2.44. The van der Waals surface area contributed by atoms with Crippen LogP contribution in [0.1, 0.15) is 31.3 Å². The van der Waals surface area contributed by atoms with Crippen LogP contribution in [0.2, 0.25) is 0 Å². The molecule has 2 N–H and O–H groups in total. The van der Waals surface area contributed by atoms with Crippen molar-refractivity contribution in [3.05, 3.63) is 30.5 Å². The Labute approximate surface area is 133 Å². The molecule has 0 saturated carbocycles. The number of hydrogen-bond acceptors (Lipinski definition) is 5. The van der Waals surface area contributed by atoms with Gasteiger partial charge in [-0.1, -0.05) is 0 Å². The van der Waals surface area contributed by atoms with Gasteiger partial charge in [0.2, 0.25) is 5.76 Å². The van der Waals surface area contributed by atoms with Crippen LogP contribution in [-0.2, 0) is 0 Å². The highest BCUT2D eigenvalue weighted by atomic mass is 16.4. The molecule has 2 amide bonds. The lowest BCUT2D eigenvalue weighted by atomic mass is 10.1. The molecule has 0 aliphatic rings. The van der Waals surface area contributed by atoms with Gasteiger partial charge in [0, 0.05) is 18.6 Å². The van der Waals surface area contributed by atoms with Gasteiger partial charge in [0.05, 0.1) is 6.26 Å². The Balaban J connectivity index is 1.99. The number of nitrogens with one attached hydrogen (secondary N) is 1. The lowest BCUT2D eigenvalue weighted by molar-refractivity contribution is 0.0889. The van der Waals surface area contributed by atoms with Gasteiger partial charge >= 0.3 is 6.09 Å². The quantitative estimate of drug-likeness (QED) is 0.875. The molecule has 0 atom stereocenters. The Bertz CT molecular complexity index is 670. The second kappa shape index (κ2) is 6.55. The van der Waals surface area contributed by atoms with Crippen molar-refractivity contribution < 1.29 is 23.5 Å². The van der Waals surface area contributed by atoms with Gasteiger partial charge in [0.15, 0.2) is 17.8 Å². The second-order valence-electron chi connectivity index (χ2n) is 5.87. The molecule has 2 aromatic heterocycles. The zero-order chi connectivity index (χ0) is 17.0. The Morgan fingerprint density at radius 2 is 2.09 bits per heavy atom. The fourth-order valence-electron chi connectivity index (χ4n) is 2.07. The molecule has 8 nitrogen and oxygen atoms in total. The fourth-order valence-corrected chi connectivity index (χ4v) is 2.07. The molecule has 0 saturated heterocycles. The lowest BCUT2D eigenvalue weighted by Crippen LogP contribution is -2.48. The van der Waals surface area contributed by atoms with Crippen LogP contribution in [0, 0.1) is 0 Å². The first-order valence-corrected chi connectivity index (χ1v) is 7.07. The zero-order valence-corrected chi connectivity index (χ0v) is 13.2. The predicted molar refractivity (Wildman–Crippen MR) is 81.0 cm³/mol. The number of aromatic nitrogens is 1. The first kappa shape index (κ1) is 16.6. The second-order valence-corrected chi connectivity index (χ2v) is 5.87. The van der Waals surface area contributed by atoms with Gasteiger partial charge in [-0.3, -0.25) is 4.79 Å². The number of nitrogens with zero attached hydrogens (tertiary/aromatic N) is 2. The Hall–Kier alpha value is -2.77. The Kier molecular flexibility index (Phi) is 4.73. The summed E-state index contributed by atoms with van der Waals surface area (Å²) in [5.41, 5.74) is -0.457. The van der Waals surface area contributed by atoms with Crippen LogP contribution in [0.15, 0.2) is 33.6 Å². The first-order chi connectivity index (χ1) is 10.8. The maximum atomic E-state index is 12.2. The molecule has 8 heteroatoms. The number of rotatable bonds is 5. The SMILES string of the molecule is CC(C)(C)N(CCNC(=O)c1ncoc1-c1ccco1)C(=O)O. The first-order valence-electron chi connectivity index (χ1n) is 7.07. The van der Waals surface area contributed by atoms with Crippen molar-refractivity contribution in [2.75, 3.05) is 13.1 Å². The molecule has 0 fully saturated rings. The minimum Gasteiger partial charge on any atom is -0.465 e. The monoisotopic (exact) mass is 321 g/mol. The number of carbonyl (C=O) groups is 2. The molecule has 0 unspecified atom stereocenters. The van der Waals surface area contributed by atoms with Crippen LogP contribution in [0.4, 0.5) is 4.79 Å². The third-order valence-electron chi connectivity index (χ3n) is 3.19. The summed E-state index contributed by atoms with van der Waals surface area (Å²) in [5.74, 6) is 0.178. The van der Waals surface area contributed by atoms with Crippen LogP contribution in [-0.4, -0.2) is 45.6 Å². The van der Waals surface area contributed by atoms with Crippen LogP contribution in [0.25, 0.3) is 11.5 Å². The fraction of sp³-hybridized carbons (Fsp3) is 0.400. The van der Waals surface area contributed by atoms with Gasteiger partial charge in [-0.25, -0.2) is 9.78 Å². The molecular formula is C15H19N3O5. The van der Waals surface area contributed by atoms with Gasteiger partial charge < -0.3 is 24.2 Å². The minimum absolute atomic E-state index is 0.0950. The van der Waals surface area contributed by atoms with E-state index in [0.29, 0.717) is 5.76 Å². The topological polar surface area (TPSA) is 109 Å². The van der Waals surface area contributed by atoms with Gasteiger partial charge in [0.25, 0.3) is 5.91 Å². The van der Waals surface area contributed by atoms with Crippen molar-refractivity contribution in [3.63, 3.8) is 0 Å². The third kappa shape index (κ3) is 3.91. The van der Waals surface area contributed by atoms with E-state index in [1.165, 1.54) is 11.2 Å². The number of hydrogen-bond donors (Lipinski definition) is 2. The molecule has 0 spiro atoms. The van der Waals surface area contributed by atoms with Gasteiger partial charge in [-0.15, -0.1) is 0 Å². The molecule has 2 aromatic rings. The van der Waals surface area contributed by atoms with Crippen molar-refractivity contribution in [3.8, 4) is 11.5 Å². The summed E-state index contributed by atoms with van der Waals surface area (Å²) in [4.78, 5) is 28.6. The van der Waals surface area contributed by atoms with E-state index in [1.807, 2.05) is 0 Å².